The number of rotatable bonds is 6. The number of benzene rings is 3. The van der Waals surface area contributed by atoms with Crippen LogP contribution < -0.4 is 4.90 Å². The zero-order valence-corrected chi connectivity index (χ0v) is 20.7. The number of aryl methyl sites for hydroxylation is 2. The van der Waals surface area contributed by atoms with E-state index in [4.69, 9.17) is 0 Å². The summed E-state index contributed by atoms with van der Waals surface area (Å²) in [5, 5.41) is 1.31. The highest BCUT2D eigenvalue weighted by molar-refractivity contribution is 5.97. The van der Waals surface area contributed by atoms with Gasteiger partial charge in [-0.25, -0.2) is 0 Å². The van der Waals surface area contributed by atoms with Crippen molar-refractivity contribution in [2.75, 3.05) is 4.90 Å². The predicted molar refractivity (Wildman–Crippen MR) is 141 cm³/mol. The first-order valence-electron chi connectivity index (χ1n) is 12.5. The molecule has 1 aliphatic rings. The maximum absolute atomic E-state index is 13.0. The van der Waals surface area contributed by atoms with Gasteiger partial charge in [-0.2, -0.15) is 0 Å². The van der Waals surface area contributed by atoms with Gasteiger partial charge >= 0.3 is 0 Å². The molecule has 3 heteroatoms. The molecule has 3 nitrogen and oxygen atoms in total. The molecule has 1 aliphatic heterocycles. The van der Waals surface area contributed by atoms with Gasteiger partial charge in [-0.3, -0.25) is 4.79 Å². The van der Waals surface area contributed by atoms with Gasteiger partial charge in [0.25, 0.3) is 0 Å². The smallest absolute Gasteiger partial charge is 0.227 e. The van der Waals surface area contributed by atoms with E-state index in [2.05, 4.69) is 105 Å². The highest BCUT2D eigenvalue weighted by Gasteiger charge is 2.29. The fourth-order valence-electron chi connectivity index (χ4n) is 5.44. The Bertz CT molecular complexity index is 1330. The van der Waals surface area contributed by atoms with Crippen LogP contribution in [-0.2, 0) is 31.1 Å². The third kappa shape index (κ3) is 4.27. The summed E-state index contributed by atoms with van der Waals surface area (Å²) in [6.45, 7) is 6.64. The van der Waals surface area contributed by atoms with Crippen LogP contribution in [0.3, 0.4) is 0 Å². The molecule has 0 saturated carbocycles. The van der Waals surface area contributed by atoms with Crippen LogP contribution in [0.5, 0.6) is 0 Å². The Labute approximate surface area is 203 Å². The van der Waals surface area contributed by atoms with Gasteiger partial charge in [0.2, 0.25) is 5.91 Å². The average molecular weight is 451 g/mol. The Balaban J connectivity index is 1.41. The quantitative estimate of drug-likeness (QED) is 0.310. The van der Waals surface area contributed by atoms with E-state index in [-0.39, 0.29) is 11.9 Å². The Morgan fingerprint density at radius 1 is 0.882 bits per heavy atom. The molecule has 1 unspecified atom stereocenters. The third-order valence-corrected chi connectivity index (χ3v) is 7.15. The molecule has 174 valence electrons. The summed E-state index contributed by atoms with van der Waals surface area (Å²) in [6.07, 6.45) is 5.61. The third-order valence-electron chi connectivity index (χ3n) is 7.15. The Kier molecular flexibility index (Phi) is 6.03. The highest BCUT2D eigenvalue weighted by Crippen LogP contribution is 2.36. The maximum atomic E-state index is 13.0. The van der Waals surface area contributed by atoms with Crippen LogP contribution in [0.1, 0.15) is 61.1 Å². The van der Waals surface area contributed by atoms with Gasteiger partial charge in [0.15, 0.2) is 0 Å². The number of carbonyl (C=O) groups is 1. The molecule has 0 aliphatic carbocycles. The second-order valence-electron chi connectivity index (χ2n) is 10.2. The second kappa shape index (κ2) is 9.13. The number of fused-ring (bicyclic) bond motifs is 2. The first-order valence-corrected chi connectivity index (χ1v) is 12.5. The summed E-state index contributed by atoms with van der Waals surface area (Å²) >= 11 is 0. The van der Waals surface area contributed by atoms with Crippen molar-refractivity contribution in [3.05, 3.63) is 101 Å². The van der Waals surface area contributed by atoms with E-state index in [0.29, 0.717) is 12.3 Å². The SMILES string of the molecule is CC(C)Cc1ccc(C(C)N2C(=O)CCc3cc(Cc4cn(C)c5ccccc45)ccc32)cc1. The Hall–Kier alpha value is -3.33. The van der Waals surface area contributed by atoms with E-state index in [1.807, 2.05) is 4.90 Å². The molecule has 0 fully saturated rings. The van der Waals surface area contributed by atoms with Gasteiger partial charge in [-0.15, -0.1) is 0 Å². The fourth-order valence-corrected chi connectivity index (χ4v) is 5.44. The van der Waals surface area contributed by atoms with Crippen LogP contribution in [0, 0.1) is 5.92 Å². The van der Waals surface area contributed by atoms with Gasteiger partial charge in [0.05, 0.1) is 6.04 Å². The van der Waals surface area contributed by atoms with E-state index in [9.17, 15) is 4.79 Å². The number of aromatic nitrogens is 1. The van der Waals surface area contributed by atoms with Crippen molar-refractivity contribution in [2.24, 2.45) is 13.0 Å². The minimum Gasteiger partial charge on any atom is -0.350 e. The molecule has 0 bridgehead atoms. The predicted octanol–water partition coefficient (Wildman–Crippen LogP) is 7.01. The van der Waals surface area contributed by atoms with Crippen LogP contribution in [0.15, 0.2) is 72.9 Å². The number of nitrogens with zero attached hydrogens (tertiary/aromatic N) is 2. The zero-order chi connectivity index (χ0) is 23.8. The lowest BCUT2D eigenvalue weighted by molar-refractivity contribution is -0.119. The molecule has 1 aromatic heterocycles. The highest BCUT2D eigenvalue weighted by atomic mass is 16.2. The van der Waals surface area contributed by atoms with Crippen molar-refractivity contribution in [3.63, 3.8) is 0 Å². The summed E-state index contributed by atoms with van der Waals surface area (Å²) in [4.78, 5) is 15.0. The molecule has 4 aromatic rings. The molecular weight excluding hydrogens is 416 g/mol. The van der Waals surface area contributed by atoms with Crippen LogP contribution in [0.2, 0.25) is 0 Å². The van der Waals surface area contributed by atoms with Crippen molar-refractivity contribution in [3.8, 4) is 0 Å². The number of para-hydroxylation sites is 1. The van der Waals surface area contributed by atoms with Gasteiger partial charge in [0, 0.05) is 36.3 Å². The first-order chi connectivity index (χ1) is 16.4. The molecule has 2 heterocycles. The number of anilines is 1. The van der Waals surface area contributed by atoms with Gasteiger partial charge in [-0.1, -0.05) is 68.4 Å². The van der Waals surface area contributed by atoms with Crippen molar-refractivity contribution in [1.29, 1.82) is 0 Å². The lowest BCUT2D eigenvalue weighted by Gasteiger charge is -2.35. The van der Waals surface area contributed by atoms with E-state index in [0.717, 1.165) is 24.9 Å². The number of carbonyl (C=O) groups excluding carboxylic acids is 1. The summed E-state index contributed by atoms with van der Waals surface area (Å²) in [7, 11) is 2.11. The molecular formula is C31H34N2O. The molecule has 1 amide bonds. The van der Waals surface area contributed by atoms with Crippen molar-refractivity contribution in [1.82, 2.24) is 4.57 Å². The van der Waals surface area contributed by atoms with E-state index >= 15 is 0 Å². The standard InChI is InChI=1S/C31H34N2O/c1-21(2)17-23-9-12-25(13-10-23)22(3)33-29-15-11-24(18-26(29)14-16-31(33)34)19-27-20-32(4)30-8-6-5-7-28(27)30/h5-13,15,18,20-22H,14,16-17,19H2,1-4H3. The topological polar surface area (TPSA) is 25.2 Å². The second-order valence-corrected chi connectivity index (χ2v) is 10.2. The maximum Gasteiger partial charge on any atom is 0.227 e. The van der Waals surface area contributed by atoms with Gasteiger partial charge < -0.3 is 9.47 Å². The Morgan fingerprint density at radius 2 is 1.62 bits per heavy atom. The first kappa shape index (κ1) is 22.5. The molecule has 34 heavy (non-hydrogen) atoms. The van der Waals surface area contributed by atoms with Crippen molar-refractivity contribution < 1.29 is 4.79 Å². The normalized spacial score (nSPS) is 14.6. The number of hydrogen-bond acceptors (Lipinski definition) is 1. The van der Waals surface area contributed by atoms with E-state index in [1.165, 1.54) is 38.7 Å². The van der Waals surface area contributed by atoms with Crippen LogP contribution in [-0.4, -0.2) is 10.5 Å². The summed E-state index contributed by atoms with van der Waals surface area (Å²) in [5.74, 6) is 0.856. The van der Waals surface area contributed by atoms with Crippen LogP contribution >= 0.6 is 0 Å². The number of hydrogen-bond donors (Lipinski definition) is 0. The molecule has 0 N–H and O–H groups in total. The summed E-state index contributed by atoms with van der Waals surface area (Å²) < 4.78 is 2.21. The minimum absolute atomic E-state index is 0.0172. The average Bonchev–Trinajstić information content (AvgIpc) is 3.14. The molecule has 0 radical (unpaired) electrons. The lowest BCUT2D eigenvalue weighted by atomic mass is 9.93. The summed E-state index contributed by atoms with van der Waals surface area (Å²) in [6, 6.07) is 24.1. The molecule has 1 atom stereocenters. The molecule has 5 rings (SSSR count). The van der Waals surface area contributed by atoms with E-state index in [1.54, 1.807) is 0 Å². The van der Waals surface area contributed by atoms with Crippen LogP contribution in [0.25, 0.3) is 10.9 Å². The molecule has 3 aromatic carbocycles. The van der Waals surface area contributed by atoms with Gasteiger partial charge in [-0.05, 0) is 72.1 Å². The fraction of sp³-hybridized carbons (Fsp3) is 0.323. The van der Waals surface area contributed by atoms with E-state index < -0.39 is 0 Å². The molecule has 0 spiro atoms. The largest absolute Gasteiger partial charge is 0.350 e. The lowest BCUT2D eigenvalue weighted by Crippen LogP contribution is -2.37. The number of amides is 1. The van der Waals surface area contributed by atoms with Crippen molar-refractivity contribution >= 4 is 22.5 Å². The van der Waals surface area contributed by atoms with Gasteiger partial charge in [0.1, 0.15) is 0 Å². The summed E-state index contributed by atoms with van der Waals surface area (Å²) in [5.41, 5.74) is 8.80. The zero-order valence-electron chi connectivity index (χ0n) is 20.7. The van der Waals surface area contributed by atoms with Crippen molar-refractivity contribution in [2.45, 2.75) is 52.5 Å². The van der Waals surface area contributed by atoms with Crippen LogP contribution in [0.4, 0.5) is 5.69 Å². The Morgan fingerprint density at radius 3 is 2.38 bits per heavy atom. The minimum atomic E-state index is 0.0172. The monoisotopic (exact) mass is 450 g/mol. The molecule has 0 saturated heterocycles.